The molecule has 1 aromatic carbocycles. The van der Waals surface area contributed by atoms with Crippen LogP contribution in [0.15, 0.2) is 18.2 Å². The van der Waals surface area contributed by atoms with Gasteiger partial charge < -0.3 is 10.4 Å². The van der Waals surface area contributed by atoms with E-state index in [0.717, 1.165) is 0 Å². The number of rotatable bonds is 5. The second-order valence-electron chi connectivity index (χ2n) is 5.27. The van der Waals surface area contributed by atoms with Crippen molar-refractivity contribution in [2.24, 2.45) is 5.92 Å². The molecule has 1 unspecified atom stereocenters. The minimum absolute atomic E-state index is 0.237. The topological polar surface area (TPSA) is 92.5 Å². The number of carbonyl (C=O) groups is 1. The maximum Gasteiger partial charge on any atom is 0.342 e. The third-order valence-electron chi connectivity index (χ3n) is 3.92. The summed E-state index contributed by atoms with van der Waals surface area (Å²) in [6.07, 6.45) is 4.81. The predicted molar refractivity (Wildman–Crippen MR) is 75.1 cm³/mol. The van der Waals surface area contributed by atoms with Crippen LogP contribution < -0.4 is 5.32 Å². The molecule has 2 N–H and O–H groups in total. The van der Waals surface area contributed by atoms with Crippen molar-refractivity contribution in [3.05, 3.63) is 33.9 Å². The molecule has 2 rings (SSSR count). The van der Waals surface area contributed by atoms with E-state index in [2.05, 4.69) is 12.2 Å². The zero-order valence-corrected chi connectivity index (χ0v) is 11.3. The Morgan fingerprint density at radius 3 is 2.65 bits per heavy atom. The van der Waals surface area contributed by atoms with Gasteiger partial charge in [-0.2, -0.15) is 0 Å². The fraction of sp³-hybridized carbons (Fsp3) is 0.500. The number of aromatic carboxylic acids is 1. The molecule has 6 nitrogen and oxygen atoms in total. The average molecular weight is 278 g/mol. The van der Waals surface area contributed by atoms with E-state index in [1.807, 2.05) is 0 Å². The van der Waals surface area contributed by atoms with E-state index in [1.54, 1.807) is 6.07 Å². The van der Waals surface area contributed by atoms with E-state index in [-0.39, 0.29) is 17.3 Å². The van der Waals surface area contributed by atoms with Gasteiger partial charge in [0.1, 0.15) is 5.56 Å². The Hall–Kier alpha value is -2.11. The number of nitro groups is 1. The Morgan fingerprint density at radius 1 is 1.45 bits per heavy atom. The van der Waals surface area contributed by atoms with Gasteiger partial charge >= 0.3 is 5.97 Å². The van der Waals surface area contributed by atoms with Gasteiger partial charge in [0.25, 0.3) is 5.69 Å². The first kappa shape index (κ1) is 14.3. The highest BCUT2D eigenvalue weighted by atomic mass is 16.6. The summed E-state index contributed by atoms with van der Waals surface area (Å²) in [5.74, 6) is -0.702. The maximum absolute atomic E-state index is 11.1. The summed E-state index contributed by atoms with van der Waals surface area (Å²) >= 11 is 0. The van der Waals surface area contributed by atoms with Crippen molar-refractivity contribution in [2.75, 3.05) is 5.32 Å². The highest BCUT2D eigenvalue weighted by molar-refractivity contribution is 5.93. The third-order valence-corrected chi connectivity index (χ3v) is 3.92. The first-order chi connectivity index (χ1) is 9.49. The van der Waals surface area contributed by atoms with Crippen LogP contribution in [0, 0.1) is 16.0 Å². The molecule has 0 bridgehead atoms. The fourth-order valence-corrected chi connectivity index (χ4v) is 2.79. The van der Waals surface area contributed by atoms with Crippen molar-refractivity contribution < 1.29 is 14.8 Å². The molecule has 6 heteroatoms. The number of nitro benzene ring substituents is 1. The van der Waals surface area contributed by atoms with Crippen LogP contribution in [-0.4, -0.2) is 22.0 Å². The number of hydrogen-bond acceptors (Lipinski definition) is 4. The van der Waals surface area contributed by atoms with E-state index >= 15 is 0 Å². The van der Waals surface area contributed by atoms with Crippen molar-refractivity contribution in [3.63, 3.8) is 0 Å². The first-order valence-electron chi connectivity index (χ1n) is 6.77. The molecular weight excluding hydrogens is 260 g/mol. The Labute approximate surface area is 117 Å². The van der Waals surface area contributed by atoms with Crippen LogP contribution in [0.3, 0.4) is 0 Å². The molecule has 0 heterocycles. The molecule has 0 saturated heterocycles. The minimum atomic E-state index is -1.28. The summed E-state index contributed by atoms with van der Waals surface area (Å²) in [6, 6.07) is 4.38. The van der Waals surface area contributed by atoms with Crippen molar-refractivity contribution >= 4 is 17.3 Å². The number of carboxylic acid groups (broad SMARTS) is 1. The molecule has 108 valence electrons. The summed E-state index contributed by atoms with van der Waals surface area (Å²) in [5.41, 5.74) is -0.0393. The van der Waals surface area contributed by atoms with E-state index in [1.165, 1.54) is 37.8 Å². The molecule has 0 radical (unpaired) electrons. The SMILES string of the molecule is CC(Nc1ccc([N+](=O)[O-])c(C(=O)O)c1)C1CCCC1. The largest absolute Gasteiger partial charge is 0.477 e. The maximum atomic E-state index is 11.1. The van der Waals surface area contributed by atoms with Gasteiger partial charge in [-0.05, 0) is 37.8 Å². The van der Waals surface area contributed by atoms with E-state index < -0.39 is 10.9 Å². The summed E-state index contributed by atoms with van der Waals surface area (Å²) in [5, 5.41) is 23.1. The highest BCUT2D eigenvalue weighted by Crippen LogP contribution is 2.30. The summed E-state index contributed by atoms with van der Waals surface area (Å²) in [6.45, 7) is 2.07. The Balaban J connectivity index is 2.18. The lowest BCUT2D eigenvalue weighted by molar-refractivity contribution is -0.385. The molecule has 1 atom stereocenters. The van der Waals surface area contributed by atoms with Gasteiger partial charge in [0.15, 0.2) is 0 Å². The molecule has 20 heavy (non-hydrogen) atoms. The van der Waals surface area contributed by atoms with Crippen LogP contribution in [0.1, 0.15) is 43.0 Å². The molecule has 0 spiro atoms. The third kappa shape index (κ3) is 3.07. The van der Waals surface area contributed by atoms with Crippen LogP contribution in [0.4, 0.5) is 11.4 Å². The Kier molecular flexibility index (Phi) is 4.22. The molecule has 1 fully saturated rings. The number of benzene rings is 1. The van der Waals surface area contributed by atoms with E-state index in [9.17, 15) is 14.9 Å². The van der Waals surface area contributed by atoms with Gasteiger partial charge in [-0.25, -0.2) is 4.79 Å². The molecule has 1 aromatic rings. The van der Waals surface area contributed by atoms with Gasteiger partial charge in [-0.3, -0.25) is 10.1 Å². The molecule has 1 aliphatic carbocycles. The van der Waals surface area contributed by atoms with Gasteiger partial charge in [0.05, 0.1) is 4.92 Å². The van der Waals surface area contributed by atoms with Crippen LogP contribution in [0.5, 0.6) is 0 Å². The lowest BCUT2D eigenvalue weighted by Crippen LogP contribution is -2.23. The fourth-order valence-electron chi connectivity index (χ4n) is 2.79. The Bertz CT molecular complexity index is 524. The van der Waals surface area contributed by atoms with Gasteiger partial charge in [0, 0.05) is 17.8 Å². The number of hydrogen-bond donors (Lipinski definition) is 2. The average Bonchev–Trinajstić information content (AvgIpc) is 2.92. The van der Waals surface area contributed by atoms with E-state index in [0.29, 0.717) is 11.6 Å². The number of nitrogens with zero attached hydrogens (tertiary/aromatic N) is 1. The Morgan fingerprint density at radius 2 is 2.10 bits per heavy atom. The number of carboxylic acids is 1. The highest BCUT2D eigenvalue weighted by Gasteiger charge is 2.23. The standard InChI is InChI=1S/C14H18N2O4/c1-9(10-4-2-3-5-10)15-11-6-7-13(16(19)20)12(8-11)14(17)18/h6-10,15H,2-5H2,1H3,(H,17,18). The van der Waals surface area contributed by atoms with Crippen LogP contribution in [0.2, 0.25) is 0 Å². The smallest absolute Gasteiger partial charge is 0.342 e. The van der Waals surface area contributed by atoms with Gasteiger partial charge in [-0.1, -0.05) is 12.8 Å². The van der Waals surface area contributed by atoms with Crippen LogP contribution in [0.25, 0.3) is 0 Å². The lowest BCUT2D eigenvalue weighted by atomic mass is 9.99. The summed E-state index contributed by atoms with van der Waals surface area (Å²) in [4.78, 5) is 21.2. The zero-order valence-electron chi connectivity index (χ0n) is 11.3. The van der Waals surface area contributed by atoms with Gasteiger partial charge in [-0.15, -0.1) is 0 Å². The second kappa shape index (κ2) is 5.90. The van der Waals surface area contributed by atoms with Crippen molar-refractivity contribution in [3.8, 4) is 0 Å². The van der Waals surface area contributed by atoms with Gasteiger partial charge in [0.2, 0.25) is 0 Å². The quantitative estimate of drug-likeness (QED) is 0.637. The monoisotopic (exact) mass is 278 g/mol. The molecule has 1 aliphatic rings. The van der Waals surface area contributed by atoms with Crippen LogP contribution in [-0.2, 0) is 0 Å². The predicted octanol–water partition coefficient (Wildman–Crippen LogP) is 3.28. The normalized spacial score (nSPS) is 16.9. The minimum Gasteiger partial charge on any atom is -0.477 e. The first-order valence-corrected chi connectivity index (χ1v) is 6.77. The molecule has 0 aliphatic heterocycles. The van der Waals surface area contributed by atoms with Crippen molar-refractivity contribution in [1.82, 2.24) is 0 Å². The van der Waals surface area contributed by atoms with Crippen LogP contribution >= 0.6 is 0 Å². The number of nitrogens with one attached hydrogen (secondary N) is 1. The zero-order chi connectivity index (χ0) is 14.7. The number of anilines is 1. The van der Waals surface area contributed by atoms with Crippen molar-refractivity contribution in [1.29, 1.82) is 0 Å². The lowest BCUT2D eigenvalue weighted by Gasteiger charge is -2.21. The summed E-state index contributed by atoms with van der Waals surface area (Å²) in [7, 11) is 0. The van der Waals surface area contributed by atoms with E-state index in [4.69, 9.17) is 5.11 Å². The second-order valence-corrected chi connectivity index (χ2v) is 5.27. The van der Waals surface area contributed by atoms with Crippen molar-refractivity contribution in [2.45, 2.75) is 38.6 Å². The molecule has 0 amide bonds. The molecular formula is C14H18N2O4. The summed E-state index contributed by atoms with van der Waals surface area (Å²) < 4.78 is 0. The molecule has 1 saturated carbocycles. The molecule has 0 aromatic heterocycles.